The van der Waals surface area contributed by atoms with Crippen molar-refractivity contribution in [3.8, 4) is 0 Å². The van der Waals surface area contributed by atoms with Crippen molar-refractivity contribution in [3.63, 3.8) is 0 Å². The second-order valence-corrected chi connectivity index (χ2v) is 5.92. The zero-order valence-corrected chi connectivity index (χ0v) is 12.9. The van der Waals surface area contributed by atoms with Crippen LogP contribution < -0.4 is 0 Å². The molecule has 6 heteroatoms. The van der Waals surface area contributed by atoms with Crippen molar-refractivity contribution in [2.24, 2.45) is 0 Å². The zero-order chi connectivity index (χ0) is 13.1. The third-order valence-corrected chi connectivity index (χ3v) is 4.29. The normalized spacial score (nSPS) is 12.7. The molecule has 96 valence electrons. The van der Waals surface area contributed by atoms with Crippen molar-refractivity contribution in [1.29, 1.82) is 0 Å². The molecule has 2 aromatic rings. The highest BCUT2D eigenvalue weighted by molar-refractivity contribution is 9.10. The van der Waals surface area contributed by atoms with Gasteiger partial charge in [0.2, 0.25) is 0 Å². The molecule has 0 aliphatic rings. The summed E-state index contributed by atoms with van der Waals surface area (Å²) in [7, 11) is 0. The summed E-state index contributed by atoms with van der Waals surface area (Å²) < 4.78 is 15.3. The van der Waals surface area contributed by atoms with Crippen LogP contribution in [-0.2, 0) is 6.54 Å². The molecule has 0 radical (unpaired) electrons. The largest absolute Gasteiger partial charge is 0.248 e. The van der Waals surface area contributed by atoms with E-state index >= 15 is 0 Å². The lowest BCUT2D eigenvalue weighted by Crippen LogP contribution is -2.00. The SMILES string of the molecule is CCC(Br)c1cn(Cc2ccc(F)c(Br)c2)nn1. The fourth-order valence-electron chi connectivity index (χ4n) is 1.57. The van der Waals surface area contributed by atoms with Crippen molar-refractivity contribution in [1.82, 2.24) is 15.0 Å². The van der Waals surface area contributed by atoms with E-state index < -0.39 is 0 Å². The molecule has 1 unspecified atom stereocenters. The van der Waals surface area contributed by atoms with Gasteiger partial charge in [0.1, 0.15) is 5.82 Å². The van der Waals surface area contributed by atoms with Crippen LogP contribution in [0.1, 0.15) is 29.4 Å². The molecule has 0 saturated heterocycles. The maximum atomic E-state index is 13.1. The molecular formula is C12H12Br2FN3. The van der Waals surface area contributed by atoms with Crippen LogP contribution in [0, 0.1) is 5.82 Å². The highest BCUT2D eigenvalue weighted by Crippen LogP contribution is 2.23. The van der Waals surface area contributed by atoms with Crippen molar-refractivity contribution < 1.29 is 4.39 Å². The summed E-state index contributed by atoms with van der Waals surface area (Å²) in [6, 6.07) is 4.94. The van der Waals surface area contributed by atoms with Crippen LogP contribution in [0.4, 0.5) is 4.39 Å². The number of hydrogen-bond donors (Lipinski definition) is 0. The monoisotopic (exact) mass is 375 g/mol. The Morgan fingerprint density at radius 2 is 2.22 bits per heavy atom. The number of benzene rings is 1. The number of aromatic nitrogens is 3. The summed E-state index contributed by atoms with van der Waals surface area (Å²) >= 11 is 6.70. The predicted molar refractivity (Wildman–Crippen MR) is 75.2 cm³/mol. The van der Waals surface area contributed by atoms with Gasteiger partial charge in [-0.25, -0.2) is 9.07 Å². The first-order valence-electron chi connectivity index (χ1n) is 5.58. The lowest BCUT2D eigenvalue weighted by molar-refractivity contribution is 0.615. The molecule has 2 rings (SSSR count). The molecule has 0 spiro atoms. The molecule has 1 aromatic carbocycles. The summed E-state index contributed by atoms with van der Waals surface area (Å²) in [6.45, 7) is 2.66. The molecule has 1 heterocycles. The Morgan fingerprint density at radius 3 is 2.89 bits per heavy atom. The number of halogens is 3. The van der Waals surface area contributed by atoms with Crippen LogP contribution in [0.2, 0.25) is 0 Å². The van der Waals surface area contributed by atoms with Gasteiger partial charge < -0.3 is 0 Å². The average molecular weight is 377 g/mol. The number of alkyl halides is 1. The Kier molecular flexibility index (Phi) is 4.50. The third-order valence-electron chi connectivity index (χ3n) is 2.56. The molecule has 0 bridgehead atoms. The summed E-state index contributed by atoms with van der Waals surface area (Å²) in [5.41, 5.74) is 1.89. The minimum atomic E-state index is -0.260. The Morgan fingerprint density at radius 1 is 1.44 bits per heavy atom. The van der Waals surface area contributed by atoms with E-state index in [2.05, 4.69) is 49.1 Å². The Bertz CT molecular complexity index is 542. The maximum Gasteiger partial charge on any atom is 0.137 e. The van der Waals surface area contributed by atoms with Crippen LogP contribution in [0.5, 0.6) is 0 Å². The van der Waals surface area contributed by atoms with Gasteiger partial charge in [0, 0.05) is 6.20 Å². The van der Waals surface area contributed by atoms with Gasteiger partial charge in [0.05, 0.1) is 21.5 Å². The molecule has 0 fully saturated rings. The van der Waals surface area contributed by atoms with E-state index in [0.29, 0.717) is 11.0 Å². The molecule has 0 saturated carbocycles. The van der Waals surface area contributed by atoms with Crippen molar-refractivity contribution in [3.05, 3.63) is 45.9 Å². The van der Waals surface area contributed by atoms with Crippen molar-refractivity contribution in [2.45, 2.75) is 24.7 Å². The molecule has 18 heavy (non-hydrogen) atoms. The van der Waals surface area contributed by atoms with Gasteiger partial charge in [-0.15, -0.1) is 5.10 Å². The minimum absolute atomic E-state index is 0.228. The highest BCUT2D eigenvalue weighted by Gasteiger charge is 2.10. The Hall–Kier alpha value is -0.750. The first-order chi connectivity index (χ1) is 8.60. The number of nitrogens with zero attached hydrogens (tertiary/aromatic N) is 3. The predicted octanol–water partition coefficient (Wildman–Crippen LogP) is 4.07. The topological polar surface area (TPSA) is 30.7 Å². The third kappa shape index (κ3) is 3.17. The minimum Gasteiger partial charge on any atom is -0.248 e. The lowest BCUT2D eigenvalue weighted by Gasteiger charge is -2.03. The van der Waals surface area contributed by atoms with Gasteiger partial charge in [-0.1, -0.05) is 34.1 Å². The molecule has 0 N–H and O–H groups in total. The molecule has 0 amide bonds. The lowest BCUT2D eigenvalue weighted by atomic mass is 10.2. The van der Waals surface area contributed by atoms with Crippen LogP contribution in [0.15, 0.2) is 28.9 Å². The fourth-order valence-corrected chi connectivity index (χ4v) is 2.20. The molecule has 1 atom stereocenters. The first kappa shape index (κ1) is 13.7. The van der Waals surface area contributed by atoms with Gasteiger partial charge in [-0.05, 0) is 40.0 Å². The van der Waals surface area contributed by atoms with Crippen molar-refractivity contribution >= 4 is 31.9 Å². The molecular weight excluding hydrogens is 365 g/mol. The smallest absolute Gasteiger partial charge is 0.137 e. The van der Waals surface area contributed by atoms with Gasteiger partial charge in [0.15, 0.2) is 0 Å². The van der Waals surface area contributed by atoms with E-state index in [1.807, 2.05) is 6.20 Å². The Labute approximate surface area is 122 Å². The quantitative estimate of drug-likeness (QED) is 0.753. The van der Waals surface area contributed by atoms with Gasteiger partial charge in [-0.3, -0.25) is 0 Å². The van der Waals surface area contributed by atoms with Crippen LogP contribution in [0.3, 0.4) is 0 Å². The van der Waals surface area contributed by atoms with Crippen LogP contribution >= 0.6 is 31.9 Å². The number of rotatable bonds is 4. The van der Waals surface area contributed by atoms with E-state index in [4.69, 9.17) is 0 Å². The van der Waals surface area contributed by atoms with Gasteiger partial charge in [0.25, 0.3) is 0 Å². The second-order valence-electron chi connectivity index (χ2n) is 3.97. The van der Waals surface area contributed by atoms with Gasteiger partial charge in [-0.2, -0.15) is 0 Å². The summed E-state index contributed by atoms with van der Waals surface area (Å²) in [5, 5.41) is 8.16. The summed E-state index contributed by atoms with van der Waals surface area (Å²) in [5.74, 6) is -0.260. The van der Waals surface area contributed by atoms with Crippen molar-refractivity contribution in [2.75, 3.05) is 0 Å². The Balaban J connectivity index is 2.13. The van der Waals surface area contributed by atoms with E-state index in [1.54, 1.807) is 16.8 Å². The van der Waals surface area contributed by atoms with E-state index in [0.717, 1.165) is 17.7 Å². The zero-order valence-electron chi connectivity index (χ0n) is 9.78. The summed E-state index contributed by atoms with van der Waals surface area (Å²) in [6.07, 6.45) is 2.86. The molecule has 0 aliphatic carbocycles. The second kappa shape index (κ2) is 5.93. The van der Waals surface area contributed by atoms with Crippen LogP contribution in [-0.4, -0.2) is 15.0 Å². The molecule has 3 nitrogen and oxygen atoms in total. The first-order valence-corrected chi connectivity index (χ1v) is 7.29. The molecule has 0 aliphatic heterocycles. The summed E-state index contributed by atoms with van der Waals surface area (Å²) in [4.78, 5) is 0.228. The van der Waals surface area contributed by atoms with E-state index in [-0.39, 0.29) is 10.6 Å². The fraction of sp³-hybridized carbons (Fsp3) is 0.333. The van der Waals surface area contributed by atoms with Gasteiger partial charge >= 0.3 is 0 Å². The van der Waals surface area contributed by atoms with E-state index in [9.17, 15) is 4.39 Å². The standard InChI is InChI=1S/C12H12Br2FN3/c1-2-9(13)12-7-18(17-16-12)6-8-3-4-11(15)10(14)5-8/h3-5,7,9H,2,6H2,1H3. The number of hydrogen-bond acceptors (Lipinski definition) is 2. The van der Waals surface area contributed by atoms with Crippen LogP contribution in [0.25, 0.3) is 0 Å². The maximum absolute atomic E-state index is 13.1. The average Bonchev–Trinajstić information content (AvgIpc) is 2.81. The van der Waals surface area contributed by atoms with E-state index in [1.165, 1.54) is 6.07 Å². The molecule has 1 aromatic heterocycles. The highest BCUT2D eigenvalue weighted by atomic mass is 79.9.